The molecule has 1 amide bonds. The largest absolute Gasteiger partial charge is 0.444 e. The lowest BCUT2D eigenvalue weighted by molar-refractivity contribution is 0.0175. The minimum atomic E-state index is -0.521. The maximum atomic E-state index is 13.0. The lowest BCUT2D eigenvalue weighted by atomic mass is 10.0. The van der Waals surface area contributed by atoms with Crippen LogP contribution in [0.25, 0.3) is 22.5 Å². The highest BCUT2D eigenvalue weighted by Gasteiger charge is 2.56. The van der Waals surface area contributed by atoms with E-state index in [2.05, 4.69) is 72.1 Å². The van der Waals surface area contributed by atoms with E-state index in [4.69, 9.17) is 14.7 Å². The summed E-state index contributed by atoms with van der Waals surface area (Å²) < 4.78 is 5.73. The van der Waals surface area contributed by atoms with Gasteiger partial charge in [-0.15, -0.1) is 0 Å². The van der Waals surface area contributed by atoms with Crippen LogP contribution in [-0.4, -0.2) is 42.6 Å². The van der Waals surface area contributed by atoms with Crippen molar-refractivity contribution in [2.24, 2.45) is 17.8 Å². The van der Waals surface area contributed by atoms with Gasteiger partial charge in [-0.05, 0) is 131 Å². The number of carbonyl (C=O) groups is 1. The number of imidazole rings is 2. The van der Waals surface area contributed by atoms with Gasteiger partial charge in [-0.3, -0.25) is 4.90 Å². The molecule has 2 N–H and O–H groups in total. The fourth-order valence-electron chi connectivity index (χ4n) is 7.64. The number of likely N-dealkylation sites (tertiary alicyclic amines) is 1. The molecule has 1 unspecified atom stereocenters. The van der Waals surface area contributed by atoms with E-state index in [1.165, 1.54) is 19.3 Å². The standard InChI is InChI=1S/C38H41N5O2/c1-21-12-25(31-19-39-35(41-31)30-15-27-14-28(27)16-30)10-8-23(21)6-7-24-9-11-26(13-22(24)2)32-20-40-36(42-32)34-18-29-17-33(29)43(34)37(44)45-38(3,4)5/h8-13,19-20,27-30,33-34H,14-18H2,1-5H3,(H,39,41)(H,40,42)/t27-,28+,29-,30?,33-,34-/m1/s1. The highest BCUT2D eigenvalue weighted by atomic mass is 16.6. The molecule has 7 heteroatoms. The molecule has 0 radical (unpaired) electrons. The number of aryl methyl sites for hydroxylation is 2. The van der Waals surface area contributed by atoms with Gasteiger partial charge in [0.25, 0.3) is 0 Å². The van der Waals surface area contributed by atoms with Crippen LogP contribution < -0.4 is 0 Å². The maximum absolute atomic E-state index is 13.0. The second-order valence-corrected chi connectivity index (χ2v) is 14.8. The van der Waals surface area contributed by atoms with Crippen LogP contribution in [0, 0.1) is 43.4 Å². The number of nitrogens with one attached hydrogen (secondary N) is 2. The first-order valence-corrected chi connectivity index (χ1v) is 16.4. The molecule has 6 atom stereocenters. The van der Waals surface area contributed by atoms with E-state index < -0.39 is 5.60 Å². The van der Waals surface area contributed by atoms with E-state index in [1.807, 2.05) is 38.1 Å². The number of amides is 1. The Bertz CT molecular complexity index is 1860. The van der Waals surface area contributed by atoms with Gasteiger partial charge < -0.3 is 14.7 Å². The summed E-state index contributed by atoms with van der Waals surface area (Å²) in [7, 11) is 0. The molecular weight excluding hydrogens is 558 g/mol. The van der Waals surface area contributed by atoms with Gasteiger partial charge in [0.05, 0.1) is 29.8 Å². The third-order valence-corrected chi connectivity index (χ3v) is 10.3. The van der Waals surface area contributed by atoms with Gasteiger partial charge in [0, 0.05) is 23.1 Å². The number of piperidine rings is 1. The van der Waals surface area contributed by atoms with E-state index >= 15 is 0 Å². The highest BCUT2D eigenvalue weighted by Crippen LogP contribution is 2.57. The zero-order valence-corrected chi connectivity index (χ0v) is 26.8. The van der Waals surface area contributed by atoms with Crippen molar-refractivity contribution in [3.05, 3.63) is 82.7 Å². The number of H-pyrrole nitrogens is 2. The van der Waals surface area contributed by atoms with Crippen molar-refractivity contribution < 1.29 is 9.53 Å². The molecule has 3 heterocycles. The molecule has 230 valence electrons. The van der Waals surface area contributed by atoms with E-state index in [0.29, 0.717) is 11.8 Å². The fraction of sp³-hybridized carbons (Fsp3) is 0.447. The van der Waals surface area contributed by atoms with Crippen LogP contribution in [0.15, 0.2) is 48.8 Å². The summed E-state index contributed by atoms with van der Waals surface area (Å²) in [6.45, 7) is 9.95. The first kappa shape index (κ1) is 28.2. The van der Waals surface area contributed by atoms with Crippen LogP contribution in [0.3, 0.4) is 0 Å². The molecule has 2 aromatic heterocycles. The van der Waals surface area contributed by atoms with Gasteiger partial charge in [0.1, 0.15) is 17.2 Å². The molecule has 1 aliphatic heterocycles. The van der Waals surface area contributed by atoms with E-state index in [1.54, 1.807) is 0 Å². The lowest BCUT2D eigenvalue weighted by Gasteiger charge is -2.29. The van der Waals surface area contributed by atoms with Crippen molar-refractivity contribution in [2.75, 3.05) is 0 Å². The second-order valence-electron chi connectivity index (χ2n) is 14.8. The number of rotatable bonds is 4. The van der Waals surface area contributed by atoms with Crippen molar-refractivity contribution >= 4 is 6.09 Å². The number of benzene rings is 2. The van der Waals surface area contributed by atoms with Crippen molar-refractivity contribution in [1.82, 2.24) is 24.8 Å². The second kappa shape index (κ2) is 10.4. The molecule has 4 fully saturated rings. The van der Waals surface area contributed by atoms with Crippen LogP contribution in [0.5, 0.6) is 0 Å². The normalized spacial score (nSPS) is 26.2. The van der Waals surface area contributed by atoms with Gasteiger partial charge in [-0.25, -0.2) is 14.8 Å². The summed E-state index contributed by atoms with van der Waals surface area (Å²) in [5.74, 6) is 11.8. The molecule has 3 saturated carbocycles. The third-order valence-electron chi connectivity index (χ3n) is 10.3. The minimum absolute atomic E-state index is 0.0775. The lowest BCUT2D eigenvalue weighted by Crippen LogP contribution is -2.38. The van der Waals surface area contributed by atoms with Crippen LogP contribution >= 0.6 is 0 Å². The van der Waals surface area contributed by atoms with E-state index in [9.17, 15) is 4.79 Å². The molecule has 8 rings (SSSR count). The Morgan fingerprint density at radius 1 is 0.800 bits per heavy atom. The Kier molecular flexibility index (Phi) is 6.50. The third kappa shape index (κ3) is 5.45. The molecule has 0 spiro atoms. The molecule has 3 aliphatic carbocycles. The summed E-state index contributed by atoms with van der Waals surface area (Å²) in [5.41, 5.74) is 8.01. The van der Waals surface area contributed by atoms with Crippen LogP contribution in [0.1, 0.15) is 98.7 Å². The first-order valence-electron chi connectivity index (χ1n) is 16.4. The predicted molar refractivity (Wildman–Crippen MR) is 174 cm³/mol. The molecule has 45 heavy (non-hydrogen) atoms. The monoisotopic (exact) mass is 599 g/mol. The zero-order chi connectivity index (χ0) is 31.0. The number of fused-ring (bicyclic) bond motifs is 2. The Morgan fingerprint density at radius 2 is 1.38 bits per heavy atom. The number of hydrogen-bond acceptors (Lipinski definition) is 4. The number of aromatic amines is 2. The molecule has 1 saturated heterocycles. The number of ether oxygens (including phenoxy) is 1. The molecular formula is C38H41N5O2. The average Bonchev–Trinajstić information content (AvgIpc) is 3.57. The minimum Gasteiger partial charge on any atom is -0.444 e. The number of nitrogens with zero attached hydrogens (tertiary/aromatic N) is 3. The molecule has 2 aromatic carbocycles. The summed E-state index contributed by atoms with van der Waals surface area (Å²) in [4.78, 5) is 31.5. The van der Waals surface area contributed by atoms with Crippen LogP contribution in [0.2, 0.25) is 0 Å². The topological polar surface area (TPSA) is 86.9 Å². The van der Waals surface area contributed by atoms with Gasteiger partial charge in [-0.2, -0.15) is 0 Å². The van der Waals surface area contributed by atoms with Gasteiger partial charge >= 0.3 is 6.09 Å². The number of hydrogen-bond donors (Lipinski definition) is 2. The van der Waals surface area contributed by atoms with Crippen molar-refractivity contribution in [1.29, 1.82) is 0 Å². The molecule has 0 bridgehead atoms. The summed E-state index contributed by atoms with van der Waals surface area (Å²) in [6.07, 6.45) is 9.62. The maximum Gasteiger partial charge on any atom is 0.411 e. The quantitative estimate of drug-likeness (QED) is 0.232. The van der Waals surface area contributed by atoms with Crippen LogP contribution in [0.4, 0.5) is 4.79 Å². The average molecular weight is 600 g/mol. The van der Waals surface area contributed by atoms with Crippen LogP contribution in [-0.2, 0) is 4.74 Å². The molecule has 4 aromatic rings. The van der Waals surface area contributed by atoms with Gasteiger partial charge in [0.15, 0.2) is 0 Å². The van der Waals surface area contributed by atoms with Crippen molar-refractivity contribution in [3.63, 3.8) is 0 Å². The van der Waals surface area contributed by atoms with Crippen molar-refractivity contribution in [3.8, 4) is 34.4 Å². The molecule has 7 nitrogen and oxygen atoms in total. The summed E-state index contributed by atoms with van der Waals surface area (Å²) in [5, 5.41) is 0. The Balaban J connectivity index is 0.958. The SMILES string of the molecule is Cc1cc(-c2cnc(C3C[C@@H]4C[C@@H]4C3)[nH]2)ccc1C#Cc1ccc(-c2cnc([C@H]3C[C@H]4C[C@H]4N3C(=O)OC(C)(C)C)[nH]2)cc1C. The number of carbonyl (C=O) groups excluding carboxylic acids is 1. The highest BCUT2D eigenvalue weighted by molar-refractivity contribution is 5.71. The predicted octanol–water partition coefficient (Wildman–Crippen LogP) is 8.07. The van der Waals surface area contributed by atoms with Gasteiger partial charge in [-0.1, -0.05) is 24.0 Å². The fourth-order valence-corrected chi connectivity index (χ4v) is 7.64. The zero-order valence-electron chi connectivity index (χ0n) is 26.8. The summed E-state index contributed by atoms with van der Waals surface area (Å²) >= 11 is 0. The molecule has 4 aliphatic rings. The summed E-state index contributed by atoms with van der Waals surface area (Å²) in [6, 6.07) is 13.0. The van der Waals surface area contributed by atoms with E-state index in [-0.39, 0.29) is 18.2 Å². The Hall–Kier alpha value is -4.31. The van der Waals surface area contributed by atoms with Crippen molar-refractivity contribution in [2.45, 2.75) is 90.3 Å². The van der Waals surface area contributed by atoms with Gasteiger partial charge in [0.2, 0.25) is 0 Å². The number of aromatic nitrogens is 4. The first-order chi connectivity index (χ1) is 21.6. The Morgan fingerprint density at radius 3 is 1.96 bits per heavy atom. The van der Waals surface area contributed by atoms with E-state index in [0.717, 1.165) is 81.1 Å². The smallest absolute Gasteiger partial charge is 0.411 e. The Labute approximate surface area is 265 Å².